The van der Waals surface area contributed by atoms with Gasteiger partial charge in [-0.15, -0.1) is 0 Å². The van der Waals surface area contributed by atoms with Crippen LogP contribution in [0.25, 0.3) is 0 Å². The van der Waals surface area contributed by atoms with Crippen LogP contribution in [-0.2, 0) is 4.79 Å². The molecule has 0 aromatic heterocycles. The van der Waals surface area contributed by atoms with Crippen molar-refractivity contribution in [3.8, 4) is 0 Å². The summed E-state index contributed by atoms with van der Waals surface area (Å²) in [7, 11) is 0. The topological polar surface area (TPSA) is 29.1 Å². The van der Waals surface area contributed by atoms with Gasteiger partial charge in [-0.05, 0) is 6.26 Å². The highest BCUT2D eigenvalue weighted by Gasteiger charge is 2.23. The van der Waals surface area contributed by atoms with E-state index in [2.05, 4.69) is 5.32 Å². The van der Waals surface area contributed by atoms with Crippen molar-refractivity contribution in [3.05, 3.63) is 0 Å². The van der Waals surface area contributed by atoms with Crippen molar-refractivity contribution in [2.24, 2.45) is 0 Å². The maximum atomic E-state index is 10.3. The van der Waals surface area contributed by atoms with E-state index in [0.717, 1.165) is 12.2 Å². The Morgan fingerprint density at radius 3 is 3.00 bits per heavy atom. The third-order valence-electron chi connectivity index (χ3n) is 1.16. The minimum Gasteiger partial charge on any atom is -0.352 e. The average Bonchev–Trinajstić information content (AvgIpc) is 1.64. The third-order valence-corrected chi connectivity index (χ3v) is 1.90. The lowest BCUT2D eigenvalue weighted by atomic mass is 10.1. The Morgan fingerprint density at radius 1 is 2.00 bits per heavy atom. The summed E-state index contributed by atoms with van der Waals surface area (Å²) < 4.78 is 0. The molecule has 0 spiro atoms. The van der Waals surface area contributed by atoms with E-state index >= 15 is 0 Å². The van der Waals surface area contributed by atoms with Gasteiger partial charge in [0.15, 0.2) is 0 Å². The lowest BCUT2D eigenvalue weighted by Gasteiger charge is -2.25. The molecular formula is C5H9NOS. The molecule has 0 bridgehead atoms. The molecule has 1 aliphatic heterocycles. The van der Waals surface area contributed by atoms with Crippen LogP contribution in [0.15, 0.2) is 0 Å². The first kappa shape index (κ1) is 5.95. The largest absolute Gasteiger partial charge is 0.352 e. The van der Waals surface area contributed by atoms with E-state index in [1.807, 2.05) is 6.26 Å². The maximum Gasteiger partial charge on any atom is 0.222 e. The number of hydrogen-bond donors (Lipinski definition) is 1. The fourth-order valence-corrected chi connectivity index (χ4v) is 1.34. The molecule has 1 fully saturated rings. The Balaban J connectivity index is 2.06. The standard InChI is InChI=1S/C5H9NOS/c1-8-3-4-2-5(7)6-4/h4H,2-3H2,1H3,(H,6,7)/t4-/m1/s1. The summed E-state index contributed by atoms with van der Waals surface area (Å²) in [6, 6.07) is 0.470. The Bertz CT molecular complexity index is 96.6. The number of β-lactam (4-membered cyclic amide) rings is 1. The Kier molecular flexibility index (Phi) is 1.78. The van der Waals surface area contributed by atoms with Crippen molar-refractivity contribution in [2.45, 2.75) is 12.5 Å². The Morgan fingerprint density at radius 2 is 2.62 bits per heavy atom. The molecule has 0 aliphatic carbocycles. The first-order chi connectivity index (χ1) is 3.83. The van der Waals surface area contributed by atoms with Crippen LogP contribution in [-0.4, -0.2) is 24.0 Å². The molecule has 1 N–H and O–H groups in total. The van der Waals surface area contributed by atoms with Crippen LogP contribution < -0.4 is 5.32 Å². The van der Waals surface area contributed by atoms with Crippen LogP contribution in [0.4, 0.5) is 0 Å². The van der Waals surface area contributed by atoms with Gasteiger partial charge < -0.3 is 5.32 Å². The number of hydrogen-bond acceptors (Lipinski definition) is 2. The van der Waals surface area contributed by atoms with Gasteiger partial charge in [-0.3, -0.25) is 4.79 Å². The molecule has 0 unspecified atom stereocenters. The first-order valence-electron chi connectivity index (χ1n) is 2.61. The Labute approximate surface area is 53.0 Å². The third kappa shape index (κ3) is 1.15. The van der Waals surface area contributed by atoms with Crippen LogP contribution in [0.1, 0.15) is 6.42 Å². The van der Waals surface area contributed by atoms with Crippen LogP contribution in [0.3, 0.4) is 0 Å². The molecule has 0 aromatic rings. The smallest absolute Gasteiger partial charge is 0.222 e. The van der Waals surface area contributed by atoms with Gasteiger partial charge >= 0.3 is 0 Å². The van der Waals surface area contributed by atoms with Gasteiger partial charge in [0.2, 0.25) is 5.91 Å². The van der Waals surface area contributed by atoms with Crippen molar-refractivity contribution in [1.82, 2.24) is 5.32 Å². The summed E-state index contributed by atoms with van der Waals surface area (Å²) in [5.74, 6) is 1.26. The average molecular weight is 131 g/mol. The molecule has 46 valence electrons. The normalized spacial score (nSPS) is 26.6. The zero-order chi connectivity index (χ0) is 5.98. The molecule has 1 atom stereocenters. The zero-order valence-corrected chi connectivity index (χ0v) is 5.62. The number of nitrogens with one attached hydrogen (secondary N) is 1. The van der Waals surface area contributed by atoms with E-state index < -0.39 is 0 Å². The second kappa shape index (κ2) is 2.40. The molecule has 1 heterocycles. The SMILES string of the molecule is CSC[C@H]1CC(=O)N1. The van der Waals surface area contributed by atoms with E-state index in [9.17, 15) is 4.79 Å². The minimum atomic E-state index is 0.198. The molecule has 0 saturated carbocycles. The molecule has 1 amide bonds. The highest BCUT2D eigenvalue weighted by Crippen LogP contribution is 2.08. The molecule has 2 nitrogen and oxygen atoms in total. The van der Waals surface area contributed by atoms with Gasteiger partial charge in [-0.1, -0.05) is 0 Å². The highest BCUT2D eigenvalue weighted by atomic mass is 32.2. The van der Waals surface area contributed by atoms with Crippen molar-refractivity contribution in [3.63, 3.8) is 0 Å². The number of carbonyl (C=O) groups is 1. The summed E-state index contributed by atoms with van der Waals surface area (Å²) >= 11 is 1.77. The molecule has 1 saturated heterocycles. The number of rotatable bonds is 2. The van der Waals surface area contributed by atoms with Crippen LogP contribution in [0.2, 0.25) is 0 Å². The van der Waals surface area contributed by atoms with Gasteiger partial charge in [0.05, 0.1) is 0 Å². The van der Waals surface area contributed by atoms with E-state index in [0.29, 0.717) is 6.04 Å². The lowest BCUT2D eigenvalue weighted by Crippen LogP contribution is -2.49. The molecule has 0 radical (unpaired) electrons. The Hall–Kier alpha value is -0.180. The molecule has 1 aliphatic rings. The number of thioether (sulfide) groups is 1. The minimum absolute atomic E-state index is 0.198. The predicted molar refractivity (Wildman–Crippen MR) is 34.9 cm³/mol. The molecule has 3 heteroatoms. The summed E-state index contributed by atoms with van der Waals surface area (Å²) in [4.78, 5) is 10.3. The van der Waals surface area contributed by atoms with E-state index in [-0.39, 0.29) is 5.91 Å². The fourth-order valence-electron chi connectivity index (χ4n) is 0.732. The maximum absolute atomic E-state index is 10.3. The monoisotopic (exact) mass is 131 g/mol. The van der Waals surface area contributed by atoms with Crippen molar-refractivity contribution in [1.29, 1.82) is 0 Å². The lowest BCUT2D eigenvalue weighted by molar-refractivity contribution is -0.127. The quantitative estimate of drug-likeness (QED) is 0.544. The van der Waals surface area contributed by atoms with E-state index in [1.165, 1.54) is 0 Å². The highest BCUT2D eigenvalue weighted by molar-refractivity contribution is 7.98. The summed E-state index contributed by atoms with van der Waals surface area (Å²) in [5.41, 5.74) is 0. The summed E-state index contributed by atoms with van der Waals surface area (Å²) in [5, 5.41) is 2.78. The zero-order valence-electron chi connectivity index (χ0n) is 4.81. The van der Waals surface area contributed by atoms with E-state index in [4.69, 9.17) is 0 Å². The van der Waals surface area contributed by atoms with Crippen molar-refractivity contribution < 1.29 is 4.79 Å². The molecule has 8 heavy (non-hydrogen) atoms. The van der Waals surface area contributed by atoms with Gasteiger partial charge in [-0.25, -0.2) is 0 Å². The second-order valence-electron chi connectivity index (χ2n) is 1.92. The van der Waals surface area contributed by atoms with Gasteiger partial charge in [0.25, 0.3) is 0 Å². The second-order valence-corrected chi connectivity index (χ2v) is 2.83. The molecule has 0 aromatic carbocycles. The fraction of sp³-hybridized carbons (Fsp3) is 0.800. The molecule has 1 rings (SSSR count). The van der Waals surface area contributed by atoms with Gasteiger partial charge in [0.1, 0.15) is 0 Å². The van der Waals surface area contributed by atoms with Crippen LogP contribution in [0, 0.1) is 0 Å². The first-order valence-corrected chi connectivity index (χ1v) is 4.00. The van der Waals surface area contributed by atoms with E-state index in [1.54, 1.807) is 11.8 Å². The number of carbonyl (C=O) groups excluding carboxylic acids is 1. The molecular weight excluding hydrogens is 122 g/mol. The van der Waals surface area contributed by atoms with Crippen LogP contribution in [0.5, 0.6) is 0 Å². The predicted octanol–water partition coefficient (Wildman–Crippen LogP) is 0.238. The van der Waals surface area contributed by atoms with Crippen LogP contribution >= 0.6 is 11.8 Å². The summed E-state index contributed by atoms with van der Waals surface area (Å²) in [6.45, 7) is 0. The van der Waals surface area contributed by atoms with Gasteiger partial charge in [0, 0.05) is 18.2 Å². The van der Waals surface area contributed by atoms with Crippen molar-refractivity contribution >= 4 is 17.7 Å². The number of amides is 1. The van der Waals surface area contributed by atoms with Gasteiger partial charge in [-0.2, -0.15) is 11.8 Å². The van der Waals surface area contributed by atoms with Crippen molar-refractivity contribution in [2.75, 3.05) is 12.0 Å². The summed E-state index contributed by atoms with van der Waals surface area (Å²) in [6.07, 6.45) is 2.78.